The fourth-order valence-corrected chi connectivity index (χ4v) is 3.89. The molecule has 0 unspecified atom stereocenters. The molecule has 1 amide bonds. The Morgan fingerprint density at radius 3 is 2.42 bits per heavy atom. The normalized spacial score (nSPS) is 10.3. The summed E-state index contributed by atoms with van der Waals surface area (Å²) < 4.78 is 26.0. The van der Waals surface area contributed by atoms with E-state index in [4.69, 9.17) is 35.3 Å². The van der Waals surface area contributed by atoms with Gasteiger partial charge in [0.2, 0.25) is 0 Å². The predicted molar refractivity (Wildman–Crippen MR) is 124 cm³/mol. The Bertz CT molecular complexity index is 1170. The predicted octanol–water partition coefficient (Wildman–Crippen LogP) is 4.29. The number of carbonyl (C=O) groups is 2. The van der Waals surface area contributed by atoms with Crippen LogP contribution in [0, 0.1) is 0 Å². The van der Waals surface area contributed by atoms with Crippen molar-refractivity contribution < 1.29 is 33.3 Å². The molecule has 1 N–H and O–H groups in total. The van der Waals surface area contributed by atoms with E-state index in [-0.39, 0.29) is 16.3 Å². The maximum absolute atomic E-state index is 12.3. The van der Waals surface area contributed by atoms with Gasteiger partial charge >= 0.3 is 5.97 Å². The molecule has 0 aliphatic rings. The fraction of sp³-hybridized carbons (Fsp3) is 0.227. The summed E-state index contributed by atoms with van der Waals surface area (Å²) in [6.45, 7) is -0.512. The number of ether oxygens (including phenoxy) is 5. The average molecular weight is 493 g/mol. The Labute approximate surface area is 199 Å². The van der Waals surface area contributed by atoms with Crippen molar-refractivity contribution in [3.63, 3.8) is 0 Å². The van der Waals surface area contributed by atoms with Crippen molar-refractivity contribution in [2.45, 2.75) is 0 Å². The van der Waals surface area contributed by atoms with Gasteiger partial charge in [-0.1, -0.05) is 11.6 Å². The summed E-state index contributed by atoms with van der Waals surface area (Å²) >= 11 is 7.32. The van der Waals surface area contributed by atoms with Gasteiger partial charge in [0.15, 0.2) is 23.2 Å². The molecule has 3 rings (SSSR count). The van der Waals surface area contributed by atoms with E-state index < -0.39 is 18.5 Å². The molecule has 0 saturated heterocycles. The third kappa shape index (κ3) is 5.65. The molecule has 3 aromatic rings. The van der Waals surface area contributed by atoms with Gasteiger partial charge in [-0.15, -0.1) is 11.3 Å². The number of nitrogens with one attached hydrogen (secondary N) is 1. The SMILES string of the molecule is COc1ccc(OC)c(-c2csc(NC(=O)COC(=O)c3cc(Cl)c(OC)c(OC)c3)n2)c1. The Morgan fingerprint density at radius 1 is 1.00 bits per heavy atom. The van der Waals surface area contributed by atoms with Crippen LogP contribution in [0.5, 0.6) is 23.0 Å². The number of thiazole rings is 1. The van der Waals surface area contributed by atoms with E-state index in [1.165, 1.54) is 37.7 Å². The van der Waals surface area contributed by atoms with Gasteiger partial charge in [-0.2, -0.15) is 0 Å². The topological polar surface area (TPSA) is 105 Å². The van der Waals surface area contributed by atoms with Crippen LogP contribution in [0.1, 0.15) is 10.4 Å². The van der Waals surface area contributed by atoms with Gasteiger partial charge < -0.3 is 23.7 Å². The largest absolute Gasteiger partial charge is 0.497 e. The number of hydrogen-bond donors (Lipinski definition) is 1. The zero-order valence-electron chi connectivity index (χ0n) is 18.3. The first-order valence-electron chi connectivity index (χ1n) is 9.46. The number of nitrogens with zero attached hydrogens (tertiary/aromatic N) is 1. The van der Waals surface area contributed by atoms with Gasteiger partial charge in [-0.05, 0) is 30.3 Å². The molecule has 11 heteroatoms. The van der Waals surface area contributed by atoms with E-state index in [0.29, 0.717) is 33.6 Å². The maximum Gasteiger partial charge on any atom is 0.338 e. The Hall–Kier alpha value is -3.50. The molecule has 9 nitrogen and oxygen atoms in total. The van der Waals surface area contributed by atoms with Gasteiger partial charge in [0.25, 0.3) is 5.91 Å². The highest BCUT2D eigenvalue weighted by atomic mass is 35.5. The van der Waals surface area contributed by atoms with Crippen molar-refractivity contribution in [2.75, 3.05) is 40.4 Å². The molecule has 33 heavy (non-hydrogen) atoms. The molecule has 0 radical (unpaired) electrons. The van der Waals surface area contributed by atoms with Crippen molar-refractivity contribution in [3.8, 4) is 34.3 Å². The lowest BCUT2D eigenvalue weighted by Gasteiger charge is -2.11. The van der Waals surface area contributed by atoms with Crippen molar-refractivity contribution >= 4 is 39.9 Å². The number of benzene rings is 2. The molecule has 1 aromatic heterocycles. The highest BCUT2D eigenvalue weighted by molar-refractivity contribution is 7.14. The number of esters is 1. The molecule has 0 saturated carbocycles. The lowest BCUT2D eigenvalue weighted by molar-refractivity contribution is -0.119. The summed E-state index contributed by atoms with van der Waals surface area (Å²) in [4.78, 5) is 29.0. The monoisotopic (exact) mass is 492 g/mol. The highest BCUT2D eigenvalue weighted by Crippen LogP contribution is 2.36. The summed E-state index contributed by atoms with van der Waals surface area (Å²) in [5, 5.41) is 4.89. The molecule has 0 fully saturated rings. The second kappa shape index (κ2) is 10.9. The lowest BCUT2D eigenvalue weighted by Crippen LogP contribution is -2.21. The summed E-state index contributed by atoms with van der Waals surface area (Å²) in [5.74, 6) is 0.529. The number of halogens is 1. The van der Waals surface area contributed by atoms with Gasteiger partial charge in [-0.3, -0.25) is 10.1 Å². The number of hydrogen-bond acceptors (Lipinski definition) is 9. The van der Waals surface area contributed by atoms with E-state index in [2.05, 4.69) is 10.3 Å². The van der Waals surface area contributed by atoms with Crippen molar-refractivity contribution in [1.82, 2.24) is 4.98 Å². The number of carbonyl (C=O) groups excluding carboxylic acids is 2. The Morgan fingerprint density at radius 2 is 1.76 bits per heavy atom. The standard InChI is InChI=1S/C22H21ClN2O7S/c1-28-13-5-6-17(29-2)14(9-13)16-11-33-22(24-16)25-19(26)10-32-21(27)12-7-15(23)20(31-4)18(8-12)30-3/h5-9,11H,10H2,1-4H3,(H,24,25,26). The van der Waals surface area contributed by atoms with Crippen molar-refractivity contribution in [3.05, 3.63) is 46.3 Å². The van der Waals surface area contributed by atoms with Crippen LogP contribution in [-0.4, -0.2) is 51.9 Å². The van der Waals surface area contributed by atoms with E-state index in [0.717, 1.165) is 0 Å². The van der Waals surface area contributed by atoms with Crippen LogP contribution in [0.4, 0.5) is 5.13 Å². The molecule has 2 aromatic carbocycles. The van der Waals surface area contributed by atoms with E-state index in [9.17, 15) is 9.59 Å². The quantitative estimate of drug-likeness (QED) is 0.441. The molecule has 0 bridgehead atoms. The number of amides is 1. The van der Waals surface area contributed by atoms with Gasteiger partial charge in [0.05, 0.1) is 44.7 Å². The molecule has 174 valence electrons. The maximum atomic E-state index is 12.3. The summed E-state index contributed by atoms with van der Waals surface area (Å²) in [6.07, 6.45) is 0. The number of methoxy groups -OCH3 is 4. The summed E-state index contributed by atoms with van der Waals surface area (Å²) in [5.41, 5.74) is 1.43. The van der Waals surface area contributed by atoms with Crippen LogP contribution < -0.4 is 24.3 Å². The van der Waals surface area contributed by atoms with Gasteiger partial charge in [0.1, 0.15) is 11.5 Å². The van der Waals surface area contributed by atoms with Crippen molar-refractivity contribution in [2.24, 2.45) is 0 Å². The second-order valence-corrected chi connectivity index (χ2v) is 7.69. The molecule has 0 atom stereocenters. The Kier molecular flexibility index (Phi) is 7.96. The molecular weight excluding hydrogens is 472 g/mol. The van der Waals surface area contributed by atoms with Crippen LogP contribution in [0.2, 0.25) is 5.02 Å². The first-order chi connectivity index (χ1) is 15.9. The molecule has 1 heterocycles. The molecule has 0 spiro atoms. The molecule has 0 aliphatic carbocycles. The zero-order valence-corrected chi connectivity index (χ0v) is 19.8. The van der Waals surface area contributed by atoms with Crippen LogP contribution in [0.3, 0.4) is 0 Å². The minimum atomic E-state index is -0.742. The number of anilines is 1. The summed E-state index contributed by atoms with van der Waals surface area (Å²) in [7, 11) is 5.97. The second-order valence-electron chi connectivity index (χ2n) is 6.42. The third-order valence-electron chi connectivity index (χ3n) is 4.44. The van der Waals surface area contributed by atoms with Crippen LogP contribution in [0.25, 0.3) is 11.3 Å². The fourth-order valence-electron chi connectivity index (χ4n) is 2.87. The lowest BCUT2D eigenvalue weighted by atomic mass is 10.1. The molecular formula is C22H21ClN2O7S. The van der Waals surface area contributed by atoms with E-state index in [1.54, 1.807) is 37.8 Å². The third-order valence-corrected chi connectivity index (χ3v) is 5.48. The van der Waals surface area contributed by atoms with E-state index in [1.807, 2.05) is 0 Å². The average Bonchev–Trinajstić information content (AvgIpc) is 3.29. The van der Waals surface area contributed by atoms with Gasteiger partial charge in [-0.25, -0.2) is 9.78 Å². The highest BCUT2D eigenvalue weighted by Gasteiger charge is 2.18. The smallest absolute Gasteiger partial charge is 0.338 e. The minimum Gasteiger partial charge on any atom is -0.497 e. The van der Waals surface area contributed by atoms with E-state index >= 15 is 0 Å². The Balaban J connectivity index is 1.64. The summed E-state index contributed by atoms with van der Waals surface area (Å²) in [6, 6.07) is 8.12. The van der Waals surface area contributed by atoms with Crippen molar-refractivity contribution in [1.29, 1.82) is 0 Å². The van der Waals surface area contributed by atoms with Crippen LogP contribution in [-0.2, 0) is 9.53 Å². The number of aromatic nitrogens is 1. The minimum absolute atomic E-state index is 0.118. The first kappa shape index (κ1) is 24.1. The first-order valence-corrected chi connectivity index (χ1v) is 10.7. The molecule has 0 aliphatic heterocycles. The zero-order chi connectivity index (χ0) is 24.0. The number of rotatable bonds is 9. The van der Waals surface area contributed by atoms with Gasteiger partial charge in [0, 0.05) is 10.9 Å². The van der Waals surface area contributed by atoms with Crippen LogP contribution >= 0.6 is 22.9 Å². The van der Waals surface area contributed by atoms with Crippen LogP contribution in [0.15, 0.2) is 35.7 Å².